The minimum Gasteiger partial charge on any atom is -0.493 e. The second-order valence-electron chi connectivity index (χ2n) is 6.08. The van der Waals surface area contributed by atoms with E-state index in [0.29, 0.717) is 34.1 Å². The molecule has 0 radical (unpaired) electrons. The maximum atomic E-state index is 7.53. The molecule has 154 valence electrons. The quantitative estimate of drug-likeness (QED) is 0.331. The maximum absolute atomic E-state index is 7.53. The van der Waals surface area contributed by atoms with E-state index in [2.05, 4.69) is 4.98 Å². The fraction of sp³-hybridized carbons (Fsp3) is 0.0952. The Kier molecular flexibility index (Phi) is 6.02. The van der Waals surface area contributed by atoms with Crippen molar-refractivity contribution in [2.45, 2.75) is 0 Å². The summed E-state index contributed by atoms with van der Waals surface area (Å²) < 4.78 is 22.3. The van der Waals surface area contributed by atoms with Crippen molar-refractivity contribution in [3.63, 3.8) is 0 Å². The van der Waals surface area contributed by atoms with Crippen LogP contribution in [0, 0.1) is 10.8 Å². The number of hydrogen-bond acceptors (Lipinski definition) is 7. The highest BCUT2D eigenvalue weighted by Gasteiger charge is 2.12. The molecule has 0 saturated heterocycles. The lowest BCUT2D eigenvalue weighted by atomic mass is 10.2. The van der Waals surface area contributed by atoms with Crippen molar-refractivity contribution in [2.75, 3.05) is 14.2 Å². The van der Waals surface area contributed by atoms with Crippen LogP contribution in [-0.4, -0.2) is 30.9 Å². The summed E-state index contributed by atoms with van der Waals surface area (Å²) in [5, 5.41) is 15.1. The van der Waals surface area contributed by atoms with Crippen LogP contribution in [0.25, 0.3) is 0 Å². The number of benzene rings is 2. The van der Waals surface area contributed by atoms with Crippen LogP contribution in [0.1, 0.15) is 11.1 Å². The average Bonchev–Trinajstić information content (AvgIpc) is 2.74. The van der Waals surface area contributed by atoms with Gasteiger partial charge in [-0.25, -0.2) is 0 Å². The molecule has 9 nitrogen and oxygen atoms in total. The van der Waals surface area contributed by atoms with Crippen molar-refractivity contribution in [1.29, 1.82) is 10.8 Å². The molecule has 0 aliphatic heterocycles. The molecule has 3 rings (SSSR count). The summed E-state index contributed by atoms with van der Waals surface area (Å²) in [5.41, 5.74) is 12.1. The first-order valence-corrected chi connectivity index (χ1v) is 8.79. The van der Waals surface area contributed by atoms with Gasteiger partial charge in [0.1, 0.15) is 11.7 Å². The minimum atomic E-state index is -0.0712. The number of pyridine rings is 1. The summed E-state index contributed by atoms with van der Waals surface area (Å²) in [5.74, 6) is 2.07. The first-order valence-electron chi connectivity index (χ1n) is 8.79. The zero-order valence-electron chi connectivity index (χ0n) is 16.4. The summed E-state index contributed by atoms with van der Waals surface area (Å²) in [7, 11) is 2.99. The molecule has 1 heterocycles. The Morgan fingerprint density at radius 1 is 0.700 bits per heavy atom. The second kappa shape index (κ2) is 8.82. The molecule has 0 aliphatic rings. The number of nitrogens with zero attached hydrogens (tertiary/aromatic N) is 1. The normalized spacial score (nSPS) is 10.2. The molecule has 1 aromatic heterocycles. The molecule has 2 aromatic carbocycles. The topological polar surface area (TPSA) is 150 Å². The first-order chi connectivity index (χ1) is 14.4. The van der Waals surface area contributed by atoms with Gasteiger partial charge in [-0.2, -0.15) is 4.98 Å². The summed E-state index contributed by atoms with van der Waals surface area (Å²) >= 11 is 0. The lowest BCUT2D eigenvalue weighted by molar-refractivity contribution is 0.361. The van der Waals surface area contributed by atoms with Crippen LogP contribution < -0.4 is 30.4 Å². The van der Waals surface area contributed by atoms with E-state index < -0.39 is 0 Å². The molecule has 9 heteroatoms. The van der Waals surface area contributed by atoms with Crippen LogP contribution in [0.2, 0.25) is 0 Å². The molecule has 0 spiro atoms. The van der Waals surface area contributed by atoms with Gasteiger partial charge in [0.2, 0.25) is 11.8 Å². The van der Waals surface area contributed by atoms with Gasteiger partial charge < -0.3 is 30.4 Å². The predicted molar refractivity (Wildman–Crippen MR) is 112 cm³/mol. The molecular weight excluding hydrogens is 386 g/mol. The van der Waals surface area contributed by atoms with E-state index in [9.17, 15) is 0 Å². The number of nitrogens with two attached hydrogens (primary N) is 2. The molecule has 0 saturated carbocycles. The van der Waals surface area contributed by atoms with Gasteiger partial charge in [-0.1, -0.05) is 6.07 Å². The molecule has 30 heavy (non-hydrogen) atoms. The Bertz CT molecular complexity index is 1020. The van der Waals surface area contributed by atoms with E-state index >= 15 is 0 Å². The molecule has 0 aliphatic carbocycles. The second-order valence-corrected chi connectivity index (χ2v) is 6.08. The SMILES string of the molecule is COc1cc(C(=N)N)ccc1Oc1cccc(Oc2ccc(C(=N)N)cc2OC)n1. The highest BCUT2D eigenvalue weighted by molar-refractivity contribution is 5.96. The molecule has 0 amide bonds. The summed E-state index contributed by atoms with van der Waals surface area (Å²) in [6.07, 6.45) is 0. The minimum absolute atomic E-state index is 0.0712. The van der Waals surface area contributed by atoms with Crippen molar-refractivity contribution >= 4 is 11.7 Å². The van der Waals surface area contributed by atoms with Gasteiger partial charge in [-0.15, -0.1) is 0 Å². The Balaban J connectivity index is 1.84. The lowest BCUT2D eigenvalue weighted by Gasteiger charge is -2.13. The number of methoxy groups -OCH3 is 2. The number of aromatic nitrogens is 1. The van der Waals surface area contributed by atoms with E-state index in [0.717, 1.165) is 0 Å². The van der Waals surface area contributed by atoms with Crippen LogP contribution in [0.5, 0.6) is 34.8 Å². The number of amidine groups is 2. The van der Waals surface area contributed by atoms with Crippen molar-refractivity contribution in [3.05, 3.63) is 65.7 Å². The number of nitrogen functional groups attached to an aromatic ring is 2. The monoisotopic (exact) mass is 407 g/mol. The largest absolute Gasteiger partial charge is 0.493 e. The molecule has 0 atom stereocenters. The van der Waals surface area contributed by atoms with Crippen LogP contribution in [0.3, 0.4) is 0 Å². The van der Waals surface area contributed by atoms with E-state index in [-0.39, 0.29) is 23.4 Å². The molecule has 0 unspecified atom stereocenters. The third kappa shape index (κ3) is 4.58. The lowest BCUT2D eigenvalue weighted by Crippen LogP contribution is -2.11. The fourth-order valence-electron chi connectivity index (χ4n) is 2.57. The van der Waals surface area contributed by atoms with Crippen LogP contribution >= 0.6 is 0 Å². The van der Waals surface area contributed by atoms with Gasteiger partial charge in [0.05, 0.1) is 14.2 Å². The molecule has 6 N–H and O–H groups in total. The van der Waals surface area contributed by atoms with Gasteiger partial charge in [0, 0.05) is 23.3 Å². The van der Waals surface area contributed by atoms with Gasteiger partial charge in [0.25, 0.3) is 0 Å². The third-order valence-corrected chi connectivity index (χ3v) is 4.08. The summed E-state index contributed by atoms with van der Waals surface area (Å²) in [6.45, 7) is 0. The number of nitrogens with one attached hydrogen (secondary N) is 2. The number of rotatable bonds is 8. The zero-order valence-corrected chi connectivity index (χ0v) is 16.4. The fourth-order valence-corrected chi connectivity index (χ4v) is 2.57. The van der Waals surface area contributed by atoms with E-state index in [1.54, 1.807) is 54.6 Å². The van der Waals surface area contributed by atoms with Crippen LogP contribution in [0.15, 0.2) is 54.6 Å². The Hall–Kier alpha value is -4.27. The zero-order chi connectivity index (χ0) is 21.7. The van der Waals surface area contributed by atoms with Crippen molar-refractivity contribution in [1.82, 2.24) is 4.98 Å². The van der Waals surface area contributed by atoms with E-state index in [4.69, 9.17) is 41.2 Å². The van der Waals surface area contributed by atoms with E-state index in [1.807, 2.05) is 0 Å². The Labute approximate surface area is 173 Å². The molecule has 0 bridgehead atoms. The smallest absolute Gasteiger partial charge is 0.222 e. The first kappa shape index (κ1) is 20.5. The summed E-state index contributed by atoms with van der Waals surface area (Å²) in [6, 6.07) is 14.9. The summed E-state index contributed by atoms with van der Waals surface area (Å²) in [4.78, 5) is 4.34. The predicted octanol–water partition coefficient (Wildman–Crippen LogP) is 3.25. The van der Waals surface area contributed by atoms with Gasteiger partial charge in [-0.3, -0.25) is 10.8 Å². The molecule has 0 fully saturated rings. The third-order valence-electron chi connectivity index (χ3n) is 4.08. The Morgan fingerprint density at radius 3 is 1.50 bits per heavy atom. The number of hydrogen-bond donors (Lipinski definition) is 4. The van der Waals surface area contributed by atoms with Crippen LogP contribution in [0.4, 0.5) is 0 Å². The van der Waals surface area contributed by atoms with Gasteiger partial charge in [0.15, 0.2) is 23.0 Å². The Morgan fingerprint density at radius 2 is 1.13 bits per heavy atom. The highest BCUT2D eigenvalue weighted by Crippen LogP contribution is 2.34. The number of ether oxygens (including phenoxy) is 4. The average molecular weight is 407 g/mol. The van der Waals surface area contributed by atoms with Crippen molar-refractivity contribution < 1.29 is 18.9 Å². The standard InChI is InChI=1S/C21H21N5O4/c1-27-16-10-12(20(22)23)6-8-14(16)29-18-4-3-5-19(26-18)30-15-9-7-13(21(24)25)11-17(15)28-2/h3-11H,1-2H3,(H3,22,23)(H3,24,25). The van der Waals surface area contributed by atoms with Gasteiger partial charge >= 0.3 is 0 Å². The molecular formula is C21H21N5O4. The maximum Gasteiger partial charge on any atom is 0.222 e. The highest BCUT2D eigenvalue weighted by atomic mass is 16.5. The van der Waals surface area contributed by atoms with E-state index in [1.165, 1.54) is 14.2 Å². The van der Waals surface area contributed by atoms with Crippen LogP contribution in [-0.2, 0) is 0 Å². The van der Waals surface area contributed by atoms with Crippen molar-refractivity contribution in [2.24, 2.45) is 11.5 Å². The van der Waals surface area contributed by atoms with Crippen molar-refractivity contribution in [3.8, 4) is 34.8 Å². The van der Waals surface area contributed by atoms with Gasteiger partial charge in [-0.05, 0) is 36.4 Å². The molecule has 3 aromatic rings.